The summed E-state index contributed by atoms with van der Waals surface area (Å²) in [5.41, 5.74) is -0.648. The fraction of sp³-hybridized carbons (Fsp3) is 0.900. The van der Waals surface area contributed by atoms with Crippen LogP contribution >= 0.6 is 7.80 Å². The van der Waals surface area contributed by atoms with Crippen molar-refractivity contribution in [1.29, 1.82) is 0 Å². The molecule has 1 radical (unpaired) electrons. The van der Waals surface area contributed by atoms with Gasteiger partial charge >= 0.3 is 13.9 Å². The first-order chi connectivity index (χ1) is 8.15. The average molecular weight is 305 g/mol. The summed E-state index contributed by atoms with van der Waals surface area (Å²) in [6, 6.07) is 0. The SMILES string of the molecule is CC(C)(C)OC(=O)NC[C@H](O)[P+](=O)CC(O)CO.[Na]. The zero-order valence-electron chi connectivity index (χ0n) is 11.8. The van der Waals surface area contributed by atoms with Crippen molar-refractivity contribution >= 4 is 43.5 Å². The van der Waals surface area contributed by atoms with Crippen LogP contribution in [-0.4, -0.2) is 87.8 Å². The van der Waals surface area contributed by atoms with E-state index in [2.05, 4.69) is 5.32 Å². The van der Waals surface area contributed by atoms with Crippen LogP contribution in [0.15, 0.2) is 0 Å². The number of nitrogens with one attached hydrogen (secondary N) is 1. The molecule has 0 aliphatic carbocycles. The molecule has 0 heterocycles. The molecule has 0 aromatic heterocycles. The third-order valence-corrected chi connectivity index (χ3v) is 3.39. The Hall–Kier alpha value is 0.250. The van der Waals surface area contributed by atoms with Crippen LogP contribution in [0.3, 0.4) is 0 Å². The molecule has 0 aliphatic heterocycles. The van der Waals surface area contributed by atoms with E-state index in [9.17, 15) is 14.5 Å². The van der Waals surface area contributed by atoms with Crippen molar-refractivity contribution in [3.05, 3.63) is 0 Å². The minimum Gasteiger partial charge on any atom is -0.444 e. The molecule has 19 heavy (non-hydrogen) atoms. The molecule has 107 valence electrons. The third-order valence-electron chi connectivity index (χ3n) is 1.76. The van der Waals surface area contributed by atoms with E-state index in [1.54, 1.807) is 20.8 Å². The molecule has 0 aromatic rings. The van der Waals surface area contributed by atoms with Gasteiger partial charge in [-0.15, -0.1) is 0 Å². The summed E-state index contributed by atoms with van der Waals surface area (Å²) in [5.74, 6) is -1.28. The maximum atomic E-state index is 11.4. The van der Waals surface area contributed by atoms with E-state index in [1.807, 2.05) is 0 Å². The molecule has 0 bridgehead atoms. The molecule has 0 saturated heterocycles. The molecular weight excluding hydrogens is 284 g/mol. The van der Waals surface area contributed by atoms with Crippen molar-refractivity contribution in [3.63, 3.8) is 0 Å². The van der Waals surface area contributed by atoms with Crippen LogP contribution in [0.5, 0.6) is 0 Å². The Morgan fingerprint density at radius 1 is 1.37 bits per heavy atom. The average Bonchev–Trinajstić information content (AvgIpc) is 2.23. The first-order valence-corrected chi connectivity index (χ1v) is 7.04. The van der Waals surface area contributed by atoms with Gasteiger partial charge in [0.25, 0.3) is 5.85 Å². The van der Waals surface area contributed by atoms with Crippen LogP contribution in [0.25, 0.3) is 0 Å². The van der Waals surface area contributed by atoms with Crippen molar-refractivity contribution in [1.82, 2.24) is 5.32 Å². The van der Waals surface area contributed by atoms with E-state index < -0.39 is 38.1 Å². The summed E-state index contributed by atoms with van der Waals surface area (Å²) in [7, 11) is -2.13. The molecule has 7 nitrogen and oxygen atoms in total. The van der Waals surface area contributed by atoms with Crippen LogP contribution in [0.1, 0.15) is 20.8 Å². The standard InChI is InChI=1S/C10H20NO6P.Na/c1-10(2,3)17-9(15)11-4-8(14)18(16)6-7(13)5-12;/h7-8,12-14H,4-6H2,1-3H3;/p+1/t7?,8-;/m1./s1. The van der Waals surface area contributed by atoms with Crippen LogP contribution in [0, 0.1) is 0 Å². The summed E-state index contributed by atoms with van der Waals surface area (Å²) in [5, 5.41) is 29.3. The second-order valence-electron chi connectivity index (χ2n) is 4.80. The quantitative estimate of drug-likeness (QED) is 0.393. The maximum Gasteiger partial charge on any atom is 0.407 e. The molecule has 0 spiro atoms. The molecule has 4 N–H and O–H groups in total. The van der Waals surface area contributed by atoms with Gasteiger partial charge < -0.3 is 25.4 Å². The maximum absolute atomic E-state index is 11.4. The molecule has 2 unspecified atom stereocenters. The van der Waals surface area contributed by atoms with Gasteiger partial charge in [-0.3, -0.25) is 0 Å². The summed E-state index contributed by atoms with van der Waals surface area (Å²) >= 11 is 0. The Kier molecular flexibility index (Phi) is 11.4. The van der Waals surface area contributed by atoms with E-state index in [1.165, 1.54) is 0 Å². The predicted octanol–water partition coefficient (Wildman–Crippen LogP) is -0.371. The number of aliphatic hydroxyl groups is 3. The van der Waals surface area contributed by atoms with Gasteiger partial charge in [0.2, 0.25) is 0 Å². The van der Waals surface area contributed by atoms with Gasteiger partial charge in [-0.2, -0.15) is 0 Å². The molecule has 3 atom stereocenters. The summed E-state index contributed by atoms with van der Waals surface area (Å²) in [6.07, 6.45) is -2.07. The second kappa shape index (κ2) is 10.0. The summed E-state index contributed by atoms with van der Waals surface area (Å²) in [6.45, 7) is 4.33. The van der Waals surface area contributed by atoms with Gasteiger partial charge in [-0.25, -0.2) is 4.79 Å². The van der Waals surface area contributed by atoms with Gasteiger partial charge in [0.05, 0.1) is 13.2 Å². The van der Waals surface area contributed by atoms with Gasteiger partial charge in [0, 0.05) is 29.6 Å². The molecular formula is C10H21NNaO6P+. The first kappa shape index (κ1) is 21.5. The Labute approximate surface area is 135 Å². The fourth-order valence-electron chi connectivity index (χ4n) is 0.978. The summed E-state index contributed by atoms with van der Waals surface area (Å²) < 4.78 is 16.4. The Bertz CT molecular complexity index is 296. The van der Waals surface area contributed by atoms with E-state index in [4.69, 9.17) is 14.9 Å². The zero-order valence-corrected chi connectivity index (χ0v) is 14.7. The molecule has 1 amide bonds. The van der Waals surface area contributed by atoms with Crippen LogP contribution in [-0.2, 0) is 9.30 Å². The Balaban J connectivity index is 0. The topological polar surface area (TPSA) is 116 Å². The predicted molar refractivity (Wildman–Crippen MR) is 71.6 cm³/mol. The van der Waals surface area contributed by atoms with E-state index in [0.29, 0.717) is 0 Å². The molecule has 9 heteroatoms. The van der Waals surface area contributed by atoms with Crippen molar-refractivity contribution < 1.29 is 29.4 Å². The second-order valence-corrected chi connectivity index (χ2v) is 6.59. The third kappa shape index (κ3) is 11.8. The van der Waals surface area contributed by atoms with Crippen molar-refractivity contribution in [2.24, 2.45) is 0 Å². The fourth-order valence-corrected chi connectivity index (χ4v) is 2.05. The summed E-state index contributed by atoms with van der Waals surface area (Å²) in [4.78, 5) is 11.2. The van der Waals surface area contributed by atoms with Crippen LogP contribution in [0.2, 0.25) is 0 Å². The number of carbonyl (C=O) groups excluding carboxylic acids is 1. The molecule has 0 fully saturated rings. The number of ether oxygens (including phenoxy) is 1. The number of hydrogen-bond donors (Lipinski definition) is 4. The number of aliphatic hydroxyl groups excluding tert-OH is 3. The number of hydrogen-bond acceptors (Lipinski definition) is 6. The smallest absolute Gasteiger partial charge is 0.407 e. The molecule has 0 aliphatic rings. The first-order valence-electron chi connectivity index (χ1n) is 5.53. The minimum absolute atomic E-state index is 0. The number of carbonyl (C=O) groups is 1. The van der Waals surface area contributed by atoms with Gasteiger partial charge in [-0.05, 0) is 20.8 Å². The minimum atomic E-state index is -2.13. The number of amides is 1. The van der Waals surface area contributed by atoms with Gasteiger partial charge in [0.15, 0.2) is 6.16 Å². The monoisotopic (exact) mass is 305 g/mol. The van der Waals surface area contributed by atoms with E-state index >= 15 is 0 Å². The van der Waals surface area contributed by atoms with E-state index in [-0.39, 0.29) is 42.3 Å². The van der Waals surface area contributed by atoms with Gasteiger partial charge in [-0.1, -0.05) is 4.57 Å². The Morgan fingerprint density at radius 2 is 1.89 bits per heavy atom. The van der Waals surface area contributed by atoms with Crippen molar-refractivity contribution in [2.75, 3.05) is 19.3 Å². The molecule has 0 rings (SSSR count). The van der Waals surface area contributed by atoms with E-state index in [0.717, 1.165) is 0 Å². The van der Waals surface area contributed by atoms with Crippen LogP contribution < -0.4 is 5.32 Å². The largest absolute Gasteiger partial charge is 0.444 e. The molecule has 0 aromatic carbocycles. The number of alkyl carbamates (subject to hydrolysis) is 1. The normalized spacial score (nSPS) is 14.9. The van der Waals surface area contributed by atoms with Crippen LogP contribution in [0.4, 0.5) is 4.79 Å². The van der Waals surface area contributed by atoms with Crippen molar-refractivity contribution in [3.8, 4) is 0 Å². The zero-order chi connectivity index (χ0) is 14.3. The Morgan fingerprint density at radius 3 is 2.32 bits per heavy atom. The van der Waals surface area contributed by atoms with Gasteiger partial charge in [0.1, 0.15) is 11.7 Å². The molecule has 0 saturated carbocycles. The number of rotatable bonds is 6. The van der Waals surface area contributed by atoms with Crippen molar-refractivity contribution in [2.45, 2.75) is 38.3 Å².